The highest BCUT2D eigenvalue weighted by Gasteiger charge is 2.25. The second-order valence-electron chi connectivity index (χ2n) is 6.56. The average molecular weight is 290 g/mol. The fourth-order valence-corrected chi connectivity index (χ4v) is 3.10. The van der Waals surface area contributed by atoms with Gasteiger partial charge in [-0.2, -0.15) is 0 Å². The smallest absolute Gasteiger partial charge is 0.225 e. The van der Waals surface area contributed by atoms with Gasteiger partial charge in [0.1, 0.15) is 0 Å². The van der Waals surface area contributed by atoms with Crippen LogP contribution in [0, 0.1) is 12.8 Å². The van der Waals surface area contributed by atoms with Gasteiger partial charge in [-0.05, 0) is 51.1 Å². The maximum Gasteiger partial charge on any atom is 0.225 e. The van der Waals surface area contributed by atoms with E-state index in [2.05, 4.69) is 55.9 Å². The van der Waals surface area contributed by atoms with Crippen LogP contribution in [0.25, 0.3) is 0 Å². The highest BCUT2D eigenvalue weighted by molar-refractivity contribution is 5.33. The van der Waals surface area contributed by atoms with Gasteiger partial charge in [0.2, 0.25) is 5.95 Å². The molecule has 1 aromatic rings. The first kappa shape index (κ1) is 16.2. The second kappa shape index (κ2) is 7.21. The Hall–Kier alpha value is -1.16. The van der Waals surface area contributed by atoms with Crippen molar-refractivity contribution in [2.24, 2.45) is 5.92 Å². The minimum absolute atomic E-state index is 0.455. The van der Waals surface area contributed by atoms with E-state index in [9.17, 15) is 0 Å². The van der Waals surface area contributed by atoms with Crippen LogP contribution in [-0.4, -0.2) is 35.6 Å². The van der Waals surface area contributed by atoms with Crippen molar-refractivity contribution in [3.8, 4) is 0 Å². The third kappa shape index (κ3) is 4.16. The highest BCUT2D eigenvalue weighted by atomic mass is 15.3. The van der Waals surface area contributed by atoms with E-state index < -0.39 is 0 Å². The van der Waals surface area contributed by atoms with Crippen molar-refractivity contribution < 1.29 is 0 Å². The van der Waals surface area contributed by atoms with Crippen LogP contribution in [0.5, 0.6) is 0 Å². The normalized spacial score (nSPS) is 18.3. The van der Waals surface area contributed by atoms with Gasteiger partial charge in [-0.3, -0.25) is 0 Å². The molecule has 0 aliphatic carbocycles. The van der Waals surface area contributed by atoms with Crippen molar-refractivity contribution in [2.75, 3.05) is 24.5 Å². The third-order valence-corrected chi connectivity index (χ3v) is 4.51. The SMILES string of the molecule is CCNC(C)C1CCN(c2nc(C)cc(C(C)C)n2)CC1. The Kier molecular flexibility index (Phi) is 5.57. The molecule has 1 atom stereocenters. The predicted octanol–water partition coefficient (Wildman–Crippen LogP) is 3.12. The van der Waals surface area contributed by atoms with Crippen LogP contribution in [0.1, 0.15) is 57.8 Å². The Morgan fingerprint density at radius 3 is 2.48 bits per heavy atom. The Balaban J connectivity index is 2.02. The van der Waals surface area contributed by atoms with E-state index >= 15 is 0 Å². The summed E-state index contributed by atoms with van der Waals surface area (Å²) < 4.78 is 0. The van der Waals surface area contributed by atoms with Crippen molar-refractivity contribution in [1.82, 2.24) is 15.3 Å². The van der Waals surface area contributed by atoms with Gasteiger partial charge >= 0.3 is 0 Å². The quantitative estimate of drug-likeness (QED) is 0.904. The van der Waals surface area contributed by atoms with E-state index in [1.165, 1.54) is 12.8 Å². The summed E-state index contributed by atoms with van der Waals surface area (Å²) >= 11 is 0. The minimum Gasteiger partial charge on any atom is -0.341 e. The molecule has 1 aliphatic heterocycles. The molecule has 1 unspecified atom stereocenters. The lowest BCUT2D eigenvalue weighted by Crippen LogP contribution is -2.42. The molecule has 0 radical (unpaired) electrons. The number of aryl methyl sites for hydroxylation is 1. The number of hydrogen-bond acceptors (Lipinski definition) is 4. The van der Waals surface area contributed by atoms with Crippen LogP contribution in [-0.2, 0) is 0 Å². The zero-order valence-corrected chi connectivity index (χ0v) is 14.2. The summed E-state index contributed by atoms with van der Waals surface area (Å²) in [6.07, 6.45) is 2.45. The maximum absolute atomic E-state index is 4.76. The van der Waals surface area contributed by atoms with Crippen molar-refractivity contribution in [1.29, 1.82) is 0 Å². The summed E-state index contributed by atoms with van der Waals surface area (Å²) in [5.41, 5.74) is 2.23. The van der Waals surface area contributed by atoms with E-state index in [-0.39, 0.29) is 0 Å². The number of anilines is 1. The molecule has 1 aliphatic rings. The van der Waals surface area contributed by atoms with Crippen LogP contribution < -0.4 is 10.2 Å². The molecule has 1 aromatic heterocycles. The molecule has 0 spiro atoms. The number of rotatable bonds is 5. The Morgan fingerprint density at radius 2 is 1.90 bits per heavy atom. The molecule has 1 fully saturated rings. The summed E-state index contributed by atoms with van der Waals surface area (Å²) in [6.45, 7) is 14.1. The number of aromatic nitrogens is 2. The van der Waals surface area contributed by atoms with E-state index in [1.54, 1.807) is 0 Å². The maximum atomic E-state index is 4.76. The first-order chi connectivity index (χ1) is 10.0. The summed E-state index contributed by atoms with van der Waals surface area (Å²) in [4.78, 5) is 11.8. The first-order valence-corrected chi connectivity index (χ1v) is 8.35. The molecular weight excluding hydrogens is 260 g/mol. The van der Waals surface area contributed by atoms with Crippen molar-refractivity contribution in [3.63, 3.8) is 0 Å². The van der Waals surface area contributed by atoms with Crippen molar-refractivity contribution in [3.05, 3.63) is 17.5 Å². The standard InChI is InChI=1S/C17H30N4/c1-6-18-14(5)15-7-9-21(10-8-15)17-19-13(4)11-16(20-17)12(2)3/h11-12,14-15,18H,6-10H2,1-5H3. The number of nitrogens with one attached hydrogen (secondary N) is 1. The number of piperidine rings is 1. The molecule has 0 amide bonds. The topological polar surface area (TPSA) is 41.0 Å². The molecule has 21 heavy (non-hydrogen) atoms. The third-order valence-electron chi connectivity index (χ3n) is 4.51. The molecule has 118 valence electrons. The molecule has 2 rings (SSSR count). The Bertz CT molecular complexity index is 450. The van der Waals surface area contributed by atoms with Crippen LogP contribution in [0.15, 0.2) is 6.07 Å². The Labute approximate surface area is 129 Å². The number of hydrogen-bond donors (Lipinski definition) is 1. The van der Waals surface area contributed by atoms with Gasteiger partial charge in [0, 0.05) is 30.5 Å². The molecule has 0 aromatic carbocycles. The molecule has 1 saturated heterocycles. The zero-order chi connectivity index (χ0) is 15.4. The fraction of sp³-hybridized carbons (Fsp3) is 0.765. The van der Waals surface area contributed by atoms with Gasteiger partial charge in [-0.1, -0.05) is 20.8 Å². The fourth-order valence-electron chi connectivity index (χ4n) is 3.10. The van der Waals surface area contributed by atoms with Gasteiger partial charge in [-0.15, -0.1) is 0 Å². The largest absolute Gasteiger partial charge is 0.341 e. The minimum atomic E-state index is 0.455. The summed E-state index contributed by atoms with van der Waals surface area (Å²) in [5, 5.41) is 3.55. The van der Waals surface area contributed by atoms with E-state index in [0.29, 0.717) is 12.0 Å². The highest BCUT2D eigenvalue weighted by Crippen LogP contribution is 2.24. The predicted molar refractivity (Wildman–Crippen MR) is 88.9 cm³/mol. The van der Waals surface area contributed by atoms with E-state index in [4.69, 9.17) is 4.98 Å². The van der Waals surface area contributed by atoms with Crippen LogP contribution in [0.3, 0.4) is 0 Å². The molecule has 2 heterocycles. The van der Waals surface area contributed by atoms with Crippen molar-refractivity contribution >= 4 is 5.95 Å². The monoisotopic (exact) mass is 290 g/mol. The van der Waals surface area contributed by atoms with Gasteiger partial charge in [-0.25, -0.2) is 9.97 Å². The Morgan fingerprint density at radius 1 is 1.24 bits per heavy atom. The molecule has 4 heteroatoms. The average Bonchev–Trinajstić information content (AvgIpc) is 2.47. The second-order valence-corrected chi connectivity index (χ2v) is 6.56. The van der Waals surface area contributed by atoms with Crippen molar-refractivity contribution in [2.45, 2.75) is 59.4 Å². The van der Waals surface area contributed by atoms with Crippen LogP contribution >= 0.6 is 0 Å². The molecule has 4 nitrogen and oxygen atoms in total. The van der Waals surface area contributed by atoms with Gasteiger partial charge in [0.15, 0.2) is 0 Å². The lowest BCUT2D eigenvalue weighted by Gasteiger charge is -2.35. The zero-order valence-electron chi connectivity index (χ0n) is 14.2. The van der Waals surface area contributed by atoms with E-state index in [1.807, 2.05) is 0 Å². The van der Waals surface area contributed by atoms with E-state index in [0.717, 1.165) is 42.9 Å². The van der Waals surface area contributed by atoms with Crippen LogP contribution in [0.4, 0.5) is 5.95 Å². The van der Waals surface area contributed by atoms with Gasteiger partial charge in [0.25, 0.3) is 0 Å². The molecular formula is C17H30N4. The summed E-state index contributed by atoms with van der Waals surface area (Å²) in [7, 11) is 0. The van der Waals surface area contributed by atoms with Crippen LogP contribution in [0.2, 0.25) is 0 Å². The van der Waals surface area contributed by atoms with Gasteiger partial charge in [0.05, 0.1) is 0 Å². The molecule has 0 saturated carbocycles. The summed E-state index contributed by atoms with van der Waals surface area (Å²) in [6, 6.07) is 2.72. The summed E-state index contributed by atoms with van der Waals surface area (Å²) in [5.74, 6) is 2.15. The lowest BCUT2D eigenvalue weighted by molar-refractivity contribution is 0.313. The number of nitrogens with zero attached hydrogens (tertiary/aromatic N) is 3. The molecule has 0 bridgehead atoms. The van der Waals surface area contributed by atoms with Gasteiger partial charge < -0.3 is 10.2 Å². The lowest BCUT2D eigenvalue weighted by atomic mass is 9.90. The first-order valence-electron chi connectivity index (χ1n) is 8.35. The molecule has 1 N–H and O–H groups in total.